The Morgan fingerprint density at radius 2 is 2.22 bits per heavy atom. The molecule has 4 atom stereocenters. The molecule has 0 aliphatic carbocycles. The van der Waals surface area contributed by atoms with Crippen LogP contribution in [0.4, 0.5) is 0 Å². The monoisotopic (exact) mass is 347 g/mol. The van der Waals surface area contributed by atoms with E-state index in [1.807, 2.05) is 0 Å². The summed E-state index contributed by atoms with van der Waals surface area (Å²) in [5, 5.41) is 7.67. The number of rotatable bonds is 6. The number of aromatic amines is 1. The second kappa shape index (κ2) is 8.81. The Balaban J connectivity index is 0.00000544. The van der Waals surface area contributed by atoms with Gasteiger partial charge in [0.25, 0.3) is 5.56 Å². The van der Waals surface area contributed by atoms with Gasteiger partial charge in [-0.05, 0) is 0 Å². The van der Waals surface area contributed by atoms with Crippen molar-refractivity contribution in [3.63, 3.8) is 0 Å². The number of aliphatic hydroxyl groups is 2. The van der Waals surface area contributed by atoms with Crippen LogP contribution in [0.25, 0.3) is 0 Å². The van der Waals surface area contributed by atoms with E-state index in [0.29, 0.717) is 0 Å². The van der Waals surface area contributed by atoms with Crippen LogP contribution in [0, 0.1) is 0 Å². The summed E-state index contributed by atoms with van der Waals surface area (Å²) in [6, 6.07) is -1.48. The Labute approximate surface area is 168 Å². The van der Waals surface area contributed by atoms with Gasteiger partial charge >= 0.3 is 43.4 Å². The molecule has 0 aromatic carbocycles. The number of H-pyrrole nitrogens is 1. The number of nitrogens with zero attached hydrogens (tertiary/aromatic N) is 1. The van der Waals surface area contributed by atoms with E-state index in [2.05, 4.69) is 19.5 Å². The van der Waals surface area contributed by atoms with Gasteiger partial charge in [0.05, 0.1) is 25.3 Å². The fourth-order valence-corrected chi connectivity index (χ4v) is 1.35. The van der Waals surface area contributed by atoms with Gasteiger partial charge in [-0.2, -0.15) is 0 Å². The van der Waals surface area contributed by atoms with E-state index in [0.717, 1.165) is 0 Å². The standard InChI is InChI=1S/C9H13N2O9P.2Li/c12-5-1-2-11(9(15)10-5)8-7(14)6(13)4(20-8)3-19-21(16,17)18;;/h1-2,4,6-8,13-14H,3H2,(H,10,12,15)(H2,16,17,18);;/q;2*+1/p-2/t4-,6-,7?,8-;;/m1../s1/i1D,2D,3D2,4D,6D,7D,8D,13D,14D;;/hD. The van der Waals surface area contributed by atoms with Crippen molar-refractivity contribution in [3.05, 3.63) is 33.1 Å². The van der Waals surface area contributed by atoms with Crippen LogP contribution < -0.4 is 58.8 Å². The largest absolute Gasteiger partial charge is 1.00 e. The molecule has 1 aliphatic heterocycles. The molecule has 1 fully saturated rings. The molecule has 1 aromatic heterocycles. The molecule has 1 saturated heterocycles. The van der Waals surface area contributed by atoms with Crippen molar-refractivity contribution in [2.75, 3.05) is 6.56 Å². The van der Waals surface area contributed by atoms with E-state index >= 15 is 0 Å². The number of aromatic nitrogens is 2. The maximum Gasteiger partial charge on any atom is 1.00 e. The fraction of sp³-hybridized carbons (Fsp3) is 0.556. The summed E-state index contributed by atoms with van der Waals surface area (Å²) in [6.07, 6.45) is -18.2. The van der Waals surface area contributed by atoms with Gasteiger partial charge in [-0.3, -0.25) is 14.3 Å². The predicted molar refractivity (Wildman–Crippen MR) is 60.8 cm³/mol. The van der Waals surface area contributed by atoms with Gasteiger partial charge in [0.15, 0.2) is 7.62 Å². The summed E-state index contributed by atoms with van der Waals surface area (Å²) in [5.74, 6) is 0. The Hall–Kier alpha value is -0.135. The maximum absolute atomic E-state index is 12.4. The second-order valence-electron chi connectivity index (χ2n) is 3.31. The van der Waals surface area contributed by atoms with Crippen LogP contribution in [0.3, 0.4) is 0 Å². The van der Waals surface area contributed by atoms with E-state index in [1.54, 1.807) is 0 Å². The van der Waals surface area contributed by atoms with Crippen LogP contribution in [-0.4, -0.2) is 47.4 Å². The third kappa shape index (κ3) is 5.71. The summed E-state index contributed by atoms with van der Waals surface area (Å²) in [7, 11) is -6.35. The van der Waals surface area contributed by atoms with Gasteiger partial charge < -0.3 is 33.8 Å². The third-order valence-corrected chi connectivity index (χ3v) is 2.24. The molecule has 0 saturated carbocycles. The molecule has 0 amide bonds. The minimum atomic E-state index is -6.35. The van der Waals surface area contributed by atoms with Gasteiger partial charge in [0, 0.05) is 12.2 Å². The summed E-state index contributed by atoms with van der Waals surface area (Å²) in [6.45, 7) is -4.37. The van der Waals surface area contributed by atoms with E-state index in [1.165, 1.54) is 0 Å². The molecule has 0 spiro atoms. The van der Waals surface area contributed by atoms with Crippen molar-refractivity contribution in [3.8, 4) is 0 Å². The molecular weight excluding hydrogens is 325 g/mol. The molecule has 0 bridgehead atoms. The van der Waals surface area contributed by atoms with E-state index in [9.17, 15) is 23.9 Å². The third-order valence-electron chi connectivity index (χ3n) is 1.92. The molecule has 1 aliphatic rings. The molecule has 3 N–H and O–H groups in total. The van der Waals surface area contributed by atoms with Gasteiger partial charge in [-0.25, -0.2) is 4.79 Å². The van der Waals surface area contributed by atoms with Gasteiger partial charge in [0.1, 0.15) is 18.2 Å². The van der Waals surface area contributed by atoms with E-state index in [-0.39, 0.29) is 37.7 Å². The molecule has 23 heavy (non-hydrogen) atoms. The van der Waals surface area contributed by atoms with Crippen molar-refractivity contribution < 1.29 is 83.9 Å². The molecule has 14 heteroatoms. The van der Waals surface area contributed by atoms with Crippen molar-refractivity contribution in [2.24, 2.45) is 0 Å². The average Bonchev–Trinajstić information content (AvgIpc) is 2.80. The predicted octanol–water partition coefficient (Wildman–Crippen LogP) is -9.99. The Morgan fingerprint density at radius 3 is 2.78 bits per heavy atom. The number of phosphoric ester groups is 1. The quantitative estimate of drug-likeness (QED) is 0.333. The number of hydrogen-bond donors (Lipinski definition) is 3. The molecule has 1 aromatic rings. The van der Waals surface area contributed by atoms with Crippen LogP contribution in [0.1, 0.15) is 17.2 Å². The van der Waals surface area contributed by atoms with E-state index in [4.69, 9.17) is 15.2 Å². The minimum Gasteiger partial charge on any atom is -0.790 e. The molecular formula is C9H11Li2N2O9P. The Morgan fingerprint density at radius 1 is 1.57 bits per heavy atom. The van der Waals surface area contributed by atoms with E-state index < -0.39 is 71.8 Å². The first-order valence-electron chi connectivity index (χ1n) is 10.0. The van der Waals surface area contributed by atoms with Gasteiger partial charge in [0.2, 0.25) is 2.86 Å². The normalized spacial score (nSPS) is 47.3. The number of hydrogen-bond acceptors (Lipinski definition) is 9. The first kappa shape index (κ1) is 10.1. The summed E-state index contributed by atoms with van der Waals surface area (Å²) in [5.41, 5.74) is -3.75. The first-order chi connectivity index (χ1) is 14.2. The molecule has 1 unspecified atom stereocenters. The molecule has 2 heterocycles. The Kier molecular flexibility index (Phi) is 3.88. The van der Waals surface area contributed by atoms with Gasteiger partial charge in [-0.1, -0.05) is 0 Å². The second-order valence-corrected chi connectivity index (χ2v) is 4.38. The zero-order chi connectivity index (χ0) is 25.3. The van der Waals surface area contributed by atoms with Crippen LogP contribution in [0.2, 0.25) is 1.41 Å². The SMILES string of the molecule is [2H]OC1([2H])[C@]([2H])(n2c([2H])c([2H])c(=O)n([2H])c2=O)O[C@]([2H])(C([2H])([2H])OP(=O)([O-])[O-])[C@@]1([2H])O[2H].[Li+].[Li+]. The molecule has 118 valence electrons. The number of nitrogens with one attached hydrogen (secondary N) is 1. The van der Waals surface area contributed by atoms with Crippen molar-refractivity contribution >= 4 is 7.82 Å². The zero-order valence-electron chi connectivity index (χ0n) is 22.5. The number of phosphoric acid groups is 1. The molecule has 11 nitrogen and oxygen atoms in total. The topological polar surface area (TPSA) is 177 Å². The van der Waals surface area contributed by atoms with Crippen LogP contribution in [-0.2, 0) is 13.8 Å². The van der Waals surface area contributed by atoms with Crippen LogP contribution >= 0.6 is 7.82 Å². The smallest absolute Gasteiger partial charge is 0.790 e. The van der Waals surface area contributed by atoms with Crippen molar-refractivity contribution in [1.82, 2.24) is 9.54 Å². The van der Waals surface area contributed by atoms with Crippen molar-refractivity contribution in [2.45, 2.75) is 24.4 Å². The maximum atomic E-state index is 12.4. The van der Waals surface area contributed by atoms with Crippen LogP contribution in [0.5, 0.6) is 0 Å². The average molecular weight is 347 g/mol. The number of ether oxygens (including phenoxy) is 1. The first-order valence-corrected chi connectivity index (χ1v) is 6.24. The molecule has 0 radical (unpaired) electrons. The fourth-order valence-electron chi connectivity index (χ4n) is 1.16. The zero-order valence-corrected chi connectivity index (χ0v) is 12.4. The summed E-state index contributed by atoms with van der Waals surface area (Å²) < 4.78 is 103. The van der Waals surface area contributed by atoms with Crippen LogP contribution in [0.15, 0.2) is 21.8 Å². The summed E-state index contributed by atoms with van der Waals surface area (Å²) >= 11 is 0. The van der Waals surface area contributed by atoms with Crippen molar-refractivity contribution in [1.29, 1.82) is 2.86 Å². The minimum absolute atomic E-state index is 0. The summed E-state index contributed by atoms with van der Waals surface area (Å²) in [4.78, 5) is 45.3. The Bertz CT molecular complexity index is 1120. The van der Waals surface area contributed by atoms with Gasteiger partial charge in [-0.15, -0.1) is 0 Å². The molecule has 2 rings (SSSR count).